The number of nitrogens with zero attached hydrogens (tertiary/aromatic N) is 2. The first-order valence-corrected chi connectivity index (χ1v) is 20.7. The molecule has 0 saturated heterocycles. The van der Waals surface area contributed by atoms with Gasteiger partial charge in [0.15, 0.2) is 24.8 Å². The van der Waals surface area contributed by atoms with Gasteiger partial charge in [-0.15, -0.1) is 47.0 Å². The van der Waals surface area contributed by atoms with Crippen molar-refractivity contribution < 1.29 is 57.1 Å². The van der Waals surface area contributed by atoms with Crippen molar-refractivity contribution in [3.05, 3.63) is 74.5 Å². The molecular formula is C28H34I2N2S8. The van der Waals surface area contributed by atoms with Crippen LogP contribution in [-0.4, -0.2) is 24.0 Å². The Labute approximate surface area is 308 Å². The highest BCUT2D eigenvalue weighted by Crippen LogP contribution is 2.65. The molecule has 0 atom stereocenters. The SMILES string of the molecule is CSC1=C2SCCCCC[n+]3ccc(cc3)-c3cc[n+](cc3)CCCCCSC3=C(SC)S/C(=C(\S1)S2)S3.[I-].[I-]. The molecule has 7 rings (SSSR count). The highest BCUT2D eigenvalue weighted by atomic mass is 127. The van der Waals surface area contributed by atoms with Crippen molar-refractivity contribution in [1.29, 1.82) is 0 Å². The average molecular weight is 909 g/mol. The van der Waals surface area contributed by atoms with E-state index >= 15 is 0 Å². The minimum atomic E-state index is 0. The standard InChI is InChI=1S/C28H34N2S8.2HI/c1-31-23-25-33-19-7-3-5-13-29-15-9-21(10-16-29)22-11-17-30(18-12-22)14-6-4-8-20-34-26-24(32-2)36-28(38-26)27(35-23)37-25;;/h9-12,15-18H,3-8,13-14,19-20H2,1-2H3;2*1H/q+2;;/p-2/b28-27-;;. The van der Waals surface area contributed by atoms with Gasteiger partial charge in [-0.25, -0.2) is 9.13 Å². The van der Waals surface area contributed by atoms with Crippen molar-refractivity contribution in [3.8, 4) is 11.1 Å². The summed E-state index contributed by atoms with van der Waals surface area (Å²) >= 11 is 16.0. The number of halogens is 2. The van der Waals surface area contributed by atoms with Crippen molar-refractivity contribution in [3.63, 3.8) is 0 Å². The van der Waals surface area contributed by atoms with Crippen LogP contribution in [0.3, 0.4) is 0 Å². The van der Waals surface area contributed by atoms with Gasteiger partial charge in [0.25, 0.3) is 0 Å². The molecule has 0 fully saturated rings. The van der Waals surface area contributed by atoms with E-state index in [0.29, 0.717) is 0 Å². The molecule has 12 heteroatoms. The molecule has 5 aliphatic heterocycles. The van der Waals surface area contributed by atoms with Crippen molar-refractivity contribution in [2.45, 2.75) is 51.6 Å². The third-order valence-electron chi connectivity index (χ3n) is 6.32. The molecule has 0 N–H and O–H groups in total. The number of thioether (sulfide) groups is 8. The third kappa shape index (κ3) is 10.4. The van der Waals surface area contributed by atoms with Crippen LogP contribution >= 0.6 is 94.1 Å². The number of aryl methyl sites for hydroxylation is 2. The molecular weight excluding hydrogens is 875 g/mol. The van der Waals surface area contributed by atoms with Gasteiger partial charge >= 0.3 is 0 Å². The van der Waals surface area contributed by atoms with E-state index < -0.39 is 0 Å². The van der Waals surface area contributed by atoms with Crippen molar-refractivity contribution in [2.24, 2.45) is 0 Å². The normalized spacial score (nSPS) is 20.9. The zero-order valence-electron chi connectivity index (χ0n) is 22.6. The van der Waals surface area contributed by atoms with Crippen LogP contribution < -0.4 is 57.1 Å². The predicted octanol–water partition coefficient (Wildman–Crippen LogP) is 3.82. The quantitative estimate of drug-likeness (QED) is 0.328. The lowest BCUT2D eigenvalue weighted by Crippen LogP contribution is -3.00. The molecule has 5 aliphatic rings. The minimum absolute atomic E-state index is 0. The first kappa shape index (κ1) is 36.3. The van der Waals surface area contributed by atoms with E-state index in [4.69, 9.17) is 0 Å². The second-order valence-electron chi connectivity index (χ2n) is 9.01. The van der Waals surface area contributed by atoms with Gasteiger partial charge in [0.2, 0.25) is 0 Å². The van der Waals surface area contributed by atoms with Crippen molar-refractivity contribution in [2.75, 3.05) is 24.0 Å². The van der Waals surface area contributed by atoms with E-state index in [-0.39, 0.29) is 48.0 Å². The van der Waals surface area contributed by atoms with Crippen LogP contribution in [0, 0.1) is 0 Å². The lowest BCUT2D eigenvalue weighted by atomic mass is 10.1. The van der Waals surface area contributed by atoms with E-state index in [1.807, 2.05) is 70.6 Å². The Morgan fingerprint density at radius 3 is 1.30 bits per heavy atom. The molecule has 218 valence electrons. The number of aromatic nitrogens is 2. The average Bonchev–Trinajstić information content (AvgIpc) is 3.56. The summed E-state index contributed by atoms with van der Waals surface area (Å²) in [6, 6.07) is 9.04. The lowest BCUT2D eigenvalue weighted by molar-refractivity contribution is -0.697. The Morgan fingerprint density at radius 2 is 0.925 bits per heavy atom. The van der Waals surface area contributed by atoms with E-state index in [9.17, 15) is 0 Å². The molecule has 0 unspecified atom stereocenters. The summed E-state index contributed by atoms with van der Waals surface area (Å²) in [4.78, 5) is 0. The van der Waals surface area contributed by atoms with Gasteiger partial charge in [-0.2, -0.15) is 0 Å². The Hall–Kier alpha value is 1.78. The van der Waals surface area contributed by atoms with Gasteiger partial charge in [-0.3, -0.25) is 0 Å². The van der Waals surface area contributed by atoms with Crippen molar-refractivity contribution in [1.82, 2.24) is 0 Å². The van der Waals surface area contributed by atoms with Gasteiger partial charge in [-0.1, -0.05) is 47.0 Å². The summed E-state index contributed by atoms with van der Waals surface area (Å²) in [5.41, 5.74) is 2.60. The fourth-order valence-corrected chi connectivity index (χ4v) is 15.5. The molecule has 0 spiro atoms. The van der Waals surface area contributed by atoms with E-state index in [1.54, 1.807) is 0 Å². The smallest absolute Gasteiger partial charge is 0.169 e. The molecule has 0 aromatic carbocycles. The highest BCUT2D eigenvalue weighted by molar-refractivity contribution is 8.45. The van der Waals surface area contributed by atoms with Gasteiger partial charge < -0.3 is 48.0 Å². The summed E-state index contributed by atoms with van der Waals surface area (Å²) in [6.45, 7) is 2.19. The first-order chi connectivity index (χ1) is 18.7. The van der Waals surface area contributed by atoms with E-state index in [0.717, 1.165) is 13.1 Å². The fraction of sp³-hybridized carbons (Fsp3) is 0.429. The summed E-state index contributed by atoms with van der Waals surface area (Å²) in [7, 11) is 0. The molecule has 8 bridgehead atoms. The topological polar surface area (TPSA) is 7.76 Å². The van der Waals surface area contributed by atoms with Crippen LogP contribution in [0.15, 0.2) is 74.5 Å². The lowest BCUT2D eigenvalue weighted by Gasteiger charge is -2.05. The first-order valence-electron chi connectivity index (χ1n) is 13.0. The Bertz CT molecular complexity index is 1110. The number of rotatable bonds is 2. The van der Waals surface area contributed by atoms with Crippen LogP contribution in [0.25, 0.3) is 11.1 Å². The summed E-state index contributed by atoms with van der Waals surface area (Å²) in [6.07, 6.45) is 21.0. The monoisotopic (exact) mass is 908 g/mol. The van der Waals surface area contributed by atoms with E-state index in [1.165, 1.54) is 86.6 Å². The van der Waals surface area contributed by atoms with Gasteiger partial charge in [-0.05, 0) is 60.8 Å². The molecule has 40 heavy (non-hydrogen) atoms. The van der Waals surface area contributed by atoms with Crippen molar-refractivity contribution >= 4 is 94.1 Å². The molecule has 0 radical (unpaired) electrons. The number of fused-ring (bicyclic) bond motifs is 2. The maximum Gasteiger partial charge on any atom is 0.169 e. The largest absolute Gasteiger partial charge is 1.00 e. The molecule has 2 nitrogen and oxygen atoms in total. The second-order valence-corrected chi connectivity index (χ2v) is 18.5. The van der Waals surface area contributed by atoms with Crippen LogP contribution in [-0.2, 0) is 13.1 Å². The molecule has 0 amide bonds. The maximum absolute atomic E-state index is 2.33. The van der Waals surface area contributed by atoms with Gasteiger partial charge in [0, 0.05) is 37.1 Å². The number of hydrogen-bond donors (Lipinski definition) is 0. The molecule has 7 heterocycles. The summed E-state index contributed by atoms with van der Waals surface area (Å²) in [5.74, 6) is 2.42. The summed E-state index contributed by atoms with van der Waals surface area (Å²) < 4.78 is 13.7. The zero-order valence-corrected chi connectivity index (χ0v) is 33.5. The Balaban J connectivity index is 0.00000220. The van der Waals surface area contributed by atoms with Crippen LogP contribution in [0.4, 0.5) is 0 Å². The van der Waals surface area contributed by atoms with E-state index in [2.05, 4.69) is 94.2 Å². The summed E-state index contributed by atoms with van der Waals surface area (Å²) in [5, 5.41) is 0. The second kappa shape index (κ2) is 19.3. The Kier molecular flexibility index (Phi) is 17.5. The Morgan fingerprint density at radius 1 is 0.525 bits per heavy atom. The molecule has 2 aromatic heterocycles. The van der Waals surface area contributed by atoms with Crippen LogP contribution in [0.2, 0.25) is 0 Å². The number of hydrogen-bond acceptors (Lipinski definition) is 8. The van der Waals surface area contributed by atoms with Crippen LogP contribution in [0.5, 0.6) is 0 Å². The predicted molar refractivity (Wildman–Crippen MR) is 183 cm³/mol. The molecule has 0 aliphatic carbocycles. The van der Waals surface area contributed by atoms with Gasteiger partial charge in [0.05, 0.1) is 25.4 Å². The molecule has 2 aromatic rings. The van der Waals surface area contributed by atoms with Crippen LogP contribution in [0.1, 0.15) is 38.5 Å². The van der Waals surface area contributed by atoms with Gasteiger partial charge in [0.1, 0.15) is 13.1 Å². The zero-order chi connectivity index (χ0) is 26.2. The fourth-order valence-electron chi connectivity index (χ4n) is 4.21. The highest BCUT2D eigenvalue weighted by Gasteiger charge is 2.30. The molecule has 0 saturated carbocycles. The maximum atomic E-state index is 2.33. The third-order valence-corrected chi connectivity index (χ3v) is 17.8. The minimum Gasteiger partial charge on any atom is -1.00 e. The number of pyridine rings is 2.